The average Bonchev–Trinajstić information content (AvgIpc) is 2.78. The molecular formula is C22H19N4NaO4S. The van der Waals surface area contributed by atoms with E-state index >= 15 is 0 Å². The average molecular weight is 458 g/mol. The molecular weight excluding hydrogens is 439 g/mol. The summed E-state index contributed by atoms with van der Waals surface area (Å²) in [5.74, 6) is 0.490. The number of nitrogen functional groups attached to an aromatic ring is 1. The van der Waals surface area contributed by atoms with E-state index in [1.807, 2.05) is 12.1 Å². The molecule has 0 saturated heterocycles. The van der Waals surface area contributed by atoms with Crippen molar-refractivity contribution in [2.45, 2.75) is 11.5 Å². The van der Waals surface area contributed by atoms with E-state index in [1.165, 1.54) is 6.07 Å². The molecule has 0 unspecified atom stereocenters. The number of nitrogens with zero attached hydrogens (tertiary/aromatic N) is 3. The molecule has 0 amide bonds. The number of hydrogen-bond donors (Lipinski definition) is 2. The molecule has 0 aliphatic carbocycles. The Labute approximate surface area is 207 Å². The summed E-state index contributed by atoms with van der Waals surface area (Å²) in [6.07, 6.45) is 3.39. The van der Waals surface area contributed by atoms with Gasteiger partial charge < -0.3 is 10.5 Å². The van der Waals surface area contributed by atoms with E-state index in [0.29, 0.717) is 28.8 Å². The Kier molecular flexibility index (Phi) is 7.60. The van der Waals surface area contributed by atoms with Gasteiger partial charge in [0.15, 0.2) is 0 Å². The third-order valence-electron chi connectivity index (χ3n) is 4.55. The van der Waals surface area contributed by atoms with Gasteiger partial charge in [-0.15, -0.1) is 10.2 Å². The van der Waals surface area contributed by atoms with Gasteiger partial charge in [-0.2, -0.15) is 8.42 Å². The standard InChI is InChI=1S/C22H18N4O4S.Na.H/c23-22-17-8-2-1-7-16(17)21(31(27,28)29)12-19(22)26-25-18-9-3-4-10-20(18)30-14-15-6-5-11-24-13-15;;/h1-13H,14,23H2,(H,27,28,29);;/b26-25+;;. The van der Waals surface area contributed by atoms with E-state index in [1.54, 1.807) is 60.9 Å². The summed E-state index contributed by atoms with van der Waals surface area (Å²) in [4.78, 5) is 3.77. The molecule has 8 nitrogen and oxygen atoms in total. The van der Waals surface area contributed by atoms with Crippen molar-refractivity contribution in [3.8, 4) is 5.75 Å². The second kappa shape index (κ2) is 10.2. The van der Waals surface area contributed by atoms with E-state index in [2.05, 4.69) is 15.2 Å². The summed E-state index contributed by atoms with van der Waals surface area (Å²) in [6, 6.07) is 18.6. The maximum atomic E-state index is 11.9. The maximum absolute atomic E-state index is 11.9. The van der Waals surface area contributed by atoms with Crippen molar-refractivity contribution in [1.29, 1.82) is 0 Å². The quantitative estimate of drug-likeness (QED) is 0.191. The molecule has 3 N–H and O–H groups in total. The van der Waals surface area contributed by atoms with Crippen molar-refractivity contribution in [1.82, 2.24) is 4.98 Å². The first kappa shape index (κ1) is 23.8. The number of nitrogens with two attached hydrogens (primary N) is 1. The second-order valence-electron chi connectivity index (χ2n) is 6.65. The zero-order valence-electron chi connectivity index (χ0n) is 16.2. The first-order chi connectivity index (χ1) is 14.9. The molecule has 10 heteroatoms. The predicted octanol–water partition coefficient (Wildman–Crippen LogP) is 4.41. The van der Waals surface area contributed by atoms with E-state index in [0.717, 1.165) is 5.56 Å². The van der Waals surface area contributed by atoms with Crippen molar-refractivity contribution in [3.05, 3.63) is 84.7 Å². The summed E-state index contributed by atoms with van der Waals surface area (Å²) in [7, 11) is -4.49. The normalized spacial score (nSPS) is 11.4. The fourth-order valence-corrected chi connectivity index (χ4v) is 3.78. The van der Waals surface area contributed by atoms with Crippen LogP contribution >= 0.6 is 0 Å². The Morgan fingerprint density at radius 1 is 0.938 bits per heavy atom. The van der Waals surface area contributed by atoms with Crippen LogP contribution < -0.4 is 10.5 Å². The van der Waals surface area contributed by atoms with Gasteiger partial charge in [0.25, 0.3) is 10.1 Å². The van der Waals surface area contributed by atoms with Crippen molar-refractivity contribution < 1.29 is 17.7 Å². The molecule has 1 aromatic heterocycles. The van der Waals surface area contributed by atoms with Crippen molar-refractivity contribution in [2.75, 3.05) is 5.73 Å². The number of fused-ring (bicyclic) bond motifs is 1. The van der Waals surface area contributed by atoms with Crippen LogP contribution in [-0.2, 0) is 16.7 Å². The number of rotatable bonds is 6. The molecule has 3 aromatic carbocycles. The van der Waals surface area contributed by atoms with Gasteiger partial charge in [0, 0.05) is 28.7 Å². The van der Waals surface area contributed by atoms with E-state index in [-0.39, 0.29) is 45.8 Å². The fourth-order valence-electron chi connectivity index (χ4n) is 3.06. The molecule has 4 rings (SSSR count). The van der Waals surface area contributed by atoms with Gasteiger partial charge in [0.05, 0.1) is 5.69 Å². The van der Waals surface area contributed by atoms with Crippen LogP contribution in [-0.4, -0.2) is 47.5 Å². The van der Waals surface area contributed by atoms with Crippen LogP contribution in [0, 0.1) is 0 Å². The van der Waals surface area contributed by atoms with Gasteiger partial charge >= 0.3 is 29.6 Å². The Hall–Kier alpha value is -2.82. The van der Waals surface area contributed by atoms with Crippen molar-refractivity contribution in [3.63, 3.8) is 0 Å². The Balaban J connectivity index is 0.00000289. The van der Waals surface area contributed by atoms with Gasteiger partial charge in [-0.3, -0.25) is 9.54 Å². The Morgan fingerprint density at radius 2 is 1.62 bits per heavy atom. The molecule has 0 aliphatic heterocycles. The molecule has 0 aliphatic rings. The predicted molar refractivity (Wildman–Crippen MR) is 125 cm³/mol. The van der Waals surface area contributed by atoms with Crippen LogP contribution in [0.2, 0.25) is 0 Å². The van der Waals surface area contributed by atoms with E-state index in [4.69, 9.17) is 10.5 Å². The van der Waals surface area contributed by atoms with Crippen molar-refractivity contribution >= 4 is 67.5 Å². The van der Waals surface area contributed by atoms with Crippen LogP contribution in [0.5, 0.6) is 5.75 Å². The summed E-state index contributed by atoms with van der Waals surface area (Å²) in [5.41, 5.74) is 7.90. The van der Waals surface area contributed by atoms with Crippen LogP contribution in [0.15, 0.2) is 94.2 Å². The minimum atomic E-state index is -4.49. The molecule has 158 valence electrons. The number of hydrogen-bond acceptors (Lipinski definition) is 7. The number of ether oxygens (including phenoxy) is 1. The van der Waals surface area contributed by atoms with E-state index in [9.17, 15) is 13.0 Å². The zero-order chi connectivity index (χ0) is 21.8. The first-order valence-corrected chi connectivity index (χ1v) is 10.7. The molecule has 4 aromatic rings. The minimum absolute atomic E-state index is 0. The van der Waals surface area contributed by atoms with Crippen LogP contribution in [0.25, 0.3) is 10.8 Å². The Morgan fingerprint density at radius 3 is 2.34 bits per heavy atom. The number of para-hydroxylation sites is 1. The molecule has 32 heavy (non-hydrogen) atoms. The van der Waals surface area contributed by atoms with Gasteiger partial charge in [-0.05, 0) is 24.3 Å². The van der Waals surface area contributed by atoms with E-state index < -0.39 is 10.1 Å². The summed E-state index contributed by atoms with van der Waals surface area (Å²) in [5, 5.41) is 9.11. The van der Waals surface area contributed by atoms with Gasteiger partial charge in [-0.1, -0.05) is 42.5 Å². The molecule has 0 atom stereocenters. The summed E-state index contributed by atoms with van der Waals surface area (Å²) < 4.78 is 39.2. The fraction of sp³-hybridized carbons (Fsp3) is 0.0455. The molecule has 1 heterocycles. The molecule has 0 saturated carbocycles. The van der Waals surface area contributed by atoms with Gasteiger partial charge in [0.1, 0.15) is 28.6 Å². The molecule has 0 fully saturated rings. The number of anilines is 1. The number of aromatic nitrogens is 1. The van der Waals surface area contributed by atoms with Crippen LogP contribution in [0.3, 0.4) is 0 Å². The number of pyridine rings is 1. The molecule has 0 spiro atoms. The first-order valence-electron chi connectivity index (χ1n) is 9.24. The number of benzene rings is 3. The third kappa shape index (κ3) is 5.32. The SMILES string of the molecule is Nc1c(/N=N/c2ccccc2OCc2cccnc2)cc(S(=O)(=O)O)c2ccccc12.[NaH]. The zero-order valence-corrected chi connectivity index (χ0v) is 17.0. The summed E-state index contributed by atoms with van der Waals surface area (Å²) >= 11 is 0. The Bertz CT molecular complexity index is 1380. The van der Waals surface area contributed by atoms with Crippen molar-refractivity contribution in [2.24, 2.45) is 10.2 Å². The molecule has 0 bridgehead atoms. The molecule has 0 radical (unpaired) electrons. The second-order valence-corrected chi connectivity index (χ2v) is 8.04. The van der Waals surface area contributed by atoms with Crippen LogP contribution in [0.4, 0.5) is 17.1 Å². The van der Waals surface area contributed by atoms with Gasteiger partial charge in [0.2, 0.25) is 0 Å². The number of azo groups is 1. The monoisotopic (exact) mass is 458 g/mol. The summed E-state index contributed by atoms with van der Waals surface area (Å²) in [6.45, 7) is 0.297. The third-order valence-corrected chi connectivity index (χ3v) is 5.45. The topological polar surface area (TPSA) is 127 Å². The van der Waals surface area contributed by atoms with Crippen LogP contribution in [0.1, 0.15) is 5.56 Å². The van der Waals surface area contributed by atoms with Gasteiger partial charge in [-0.25, -0.2) is 0 Å².